The number of aryl methyl sites for hydroxylation is 2. The fraction of sp³-hybridized carbons (Fsp3) is 0.188. The Labute approximate surface area is 117 Å². The molecule has 3 N–H and O–H groups in total. The van der Waals surface area contributed by atoms with E-state index in [-0.39, 0.29) is 11.3 Å². The van der Waals surface area contributed by atoms with E-state index in [0.29, 0.717) is 12.4 Å². The van der Waals surface area contributed by atoms with Crippen molar-refractivity contribution >= 4 is 11.7 Å². The highest BCUT2D eigenvalue weighted by atomic mass is 16.5. The Kier molecular flexibility index (Phi) is 3.94. The summed E-state index contributed by atoms with van der Waals surface area (Å²) in [6, 6.07) is 10.7. The first-order chi connectivity index (χ1) is 9.49. The van der Waals surface area contributed by atoms with E-state index in [1.807, 2.05) is 32.0 Å². The molecule has 0 spiro atoms. The summed E-state index contributed by atoms with van der Waals surface area (Å²) < 4.78 is 5.68. The van der Waals surface area contributed by atoms with E-state index in [2.05, 4.69) is 0 Å². The number of hydrogen-bond donors (Lipinski definition) is 2. The van der Waals surface area contributed by atoms with Crippen LogP contribution >= 0.6 is 0 Å². The van der Waals surface area contributed by atoms with Gasteiger partial charge in [0.15, 0.2) is 0 Å². The van der Waals surface area contributed by atoms with Crippen molar-refractivity contribution in [3.05, 3.63) is 58.7 Å². The number of ether oxygens (including phenoxy) is 1. The average molecular weight is 271 g/mol. The van der Waals surface area contributed by atoms with Crippen LogP contribution in [0.25, 0.3) is 0 Å². The van der Waals surface area contributed by atoms with Crippen molar-refractivity contribution in [3.63, 3.8) is 0 Å². The van der Waals surface area contributed by atoms with Gasteiger partial charge >= 0.3 is 5.97 Å². The van der Waals surface area contributed by atoms with E-state index in [4.69, 9.17) is 15.6 Å². The first-order valence-corrected chi connectivity index (χ1v) is 6.29. The SMILES string of the molecule is Cc1cccc(C)c1COc1ccc(N)c(C(=O)O)c1. The summed E-state index contributed by atoms with van der Waals surface area (Å²) in [6.45, 7) is 4.45. The highest BCUT2D eigenvalue weighted by molar-refractivity contribution is 5.94. The van der Waals surface area contributed by atoms with Gasteiger partial charge in [0.05, 0.1) is 5.56 Å². The number of carboxylic acids is 1. The minimum absolute atomic E-state index is 0.0593. The molecule has 2 rings (SSSR count). The Morgan fingerprint density at radius 1 is 1.20 bits per heavy atom. The van der Waals surface area contributed by atoms with Gasteiger partial charge in [-0.2, -0.15) is 0 Å². The molecule has 0 saturated heterocycles. The van der Waals surface area contributed by atoms with Gasteiger partial charge in [0.1, 0.15) is 12.4 Å². The zero-order valence-electron chi connectivity index (χ0n) is 11.5. The van der Waals surface area contributed by atoms with Crippen molar-refractivity contribution in [2.45, 2.75) is 20.5 Å². The van der Waals surface area contributed by atoms with Crippen LogP contribution < -0.4 is 10.5 Å². The molecular formula is C16H17NO3. The van der Waals surface area contributed by atoms with Crippen LogP contribution in [0.3, 0.4) is 0 Å². The van der Waals surface area contributed by atoms with Gasteiger partial charge in [-0.05, 0) is 48.7 Å². The molecular weight excluding hydrogens is 254 g/mol. The van der Waals surface area contributed by atoms with Gasteiger partial charge in [-0.3, -0.25) is 0 Å². The Bertz CT molecular complexity index is 630. The van der Waals surface area contributed by atoms with Gasteiger partial charge in [-0.1, -0.05) is 18.2 Å². The summed E-state index contributed by atoms with van der Waals surface area (Å²) in [4.78, 5) is 11.0. The zero-order chi connectivity index (χ0) is 14.7. The van der Waals surface area contributed by atoms with Crippen LogP contribution in [0.5, 0.6) is 5.75 Å². The molecule has 4 nitrogen and oxygen atoms in total. The Balaban J connectivity index is 2.19. The molecule has 0 aliphatic carbocycles. The number of carbonyl (C=O) groups is 1. The lowest BCUT2D eigenvalue weighted by Crippen LogP contribution is -2.04. The molecule has 104 valence electrons. The fourth-order valence-corrected chi connectivity index (χ4v) is 2.04. The quantitative estimate of drug-likeness (QED) is 0.838. The second-order valence-corrected chi connectivity index (χ2v) is 4.71. The Hall–Kier alpha value is -2.49. The van der Waals surface area contributed by atoms with Gasteiger partial charge in [-0.25, -0.2) is 4.79 Å². The third kappa shape index (κ3) is 2.91. The lowest BCUT2D eigenvalue weighted by atomic mass is 10.0. The van der Waals surface area contributed by atoms with Crippen LogP contribution in [0.2, 0.25) is 0 Å². The molecule has 0 unspecified atom stereocenters. The number of nitrogens with two attached hydrogens (primary N) is 1. The van der Waals surface area contributed by atoms with Crippen LogP contribution in [0, 0.1) is 13.8 Å². The molecule has 0 bridgehead atoms. The van der Waals surface area contributed by atoms with Crippen LogP contribution in [0.1, 0.15) is 27.0 Å². The van der Waals surface area contributed by atoms with E-state index in [1.54, 1.807) is 12.1 Å². The summed E-state index contributed by atoms with van der Waals surface area (Å²) in [5.74, 6) is -0.556. The van der Waals surface area contributed by atoms with Crippen LogP contribution in [-0.2, 0) is 6.61 Å². The first-order valence-electron chi connectivity index (χ1n) is 6.29. The minimum Gasteiger partial charge on any atom is -0.489 e. The average Bonchev–Trinajstić information content (AvgIpc) is 2.39. The predicted molar refractivity (Wildman–Crippen MR) is 78.1 cm³/mol. The molecule has 0 amide bonds. The monoisotopic (exact) mass is 271 g/mol. The number of carboxylic acid groups (broad SMARTS) is 1. The number of rotatable bonds is 4. The summed E-state index contributed by atoms with van der Waals surface area (Å²) in [7, 11) is 0. The Morgan fingerprint density at radius 2 is 1.85 bits per heavy atom. The third-order valence-corrected chi connectivity index (χ3v) is 3.28. The van der Waals surface area contributed by atoms with Crippen LogP contribution in [-0.4, -0.2) is 11.1 Å². The third-order valence-electron chi connectivity index (χ3n) is 3.28. The van der Waals surface area contributed by atoms with Gasteiger partial charge in [0, 0.05) is 5.69 Å². The molecule has 0 heterocycles. The lowest BCUT2D eigenvalue weighted by Gasteiger charge is -2.12. The summed E-state index contributed by atoms with van der Waals surface area (Å²) in [6.07, 6.45) is 0. The number of aromatic carboxylic acids is 1. The molecule has 0 aliphatic heterocycles. The van der Waals surface area contributed by atoms with E-state index < -0.39 is 5.97 Å². The number of benzene rings is 2. The molecule has 2 aromatic carbocycles. The maximum absolute atomic E-state index is 11.0. The maximum Gasteiger partial charge on any atom is 0.337 e. The van der Waals surface area contributed by atoms with Crippen molar-refractivity contribution in [1.29, 1.82) is 0 Å². The molecule has 4 heteroatoms. The molecule has 20 heavy (non-hydrogen) atoms. The molecule has 0 saturated carbocycles. The lowest BCUT2D eigenvalue weighted by molar-refractivity contribution is 0.0697. The van der Waals surface area contributed by atoms with E-state index in [9.17, 15) is 4.79 Å². The molecule has 2 aromatic rings. The second-order valence-electron chi connectivity index (χ2n) is 4.71. The number of anilines is 1. The van der Waals surface area contributed by atoms with Crippen molar-refractivity contribution in [1.82, 2.24) is 0 Å². The van der Waals surface area contributed by atoms with Gasteiger partial charge in [0.2, 0.25) is 0 Å². The summed E-state index contributed by atoms with van der Waals surface area (Å²) >= 11 is 0. The summed E-state index contributed by atoms with van der Waals surface area (Å²) in [5.41, 5.74) is 9.32. The highest BCUT2D eigenvalue weighted by Crippen LogP contribution is 2.22. The van der Waals surface area contributed by atoms with E-state index in [1.165, 1.54) is 6.07 Å². The topological polar surface area (TPSA) is 72.5 Å². The molecule has 0 aromatic heterocycles. The largest absolute Gasteiger partial charge is 0.489 e. The van der Waals surface area contributed by atoms with E-state index >= 15 is 0 Å². The molecule has 0 aliphatic rings. The molecule has 0 atom stereocenters. The summed E-state index contributed by atoms with van der Waals surface area (Å²) in [5, 5.41) is 9.03. The fourth-order valence-electron chi connectivity index (χ4n) is 2.04. The minimum atomic E-state index is -1.06. The normalized spacial score (nSPS) is 10.3. The van der Waals surface area contributed by atoms with Gasteiger partial charge < -0.3 is 15.6 Å². The number of hydrogen-bond acceptors (Lipinski definition) is 3. The number of nitrogen functional groups attached to an aromatic ring is 1. The van der Waals surface area contributed by atoms with Crippen molar-refractivity contribution in [3.8, 4) is 5.75 Å². The second kappa shape index (κ2) is 5.65. The highest BCUT2D eigenvalue weighted by Gasteiger charge is 2.10. The predicted octanol–water partition coefficient (Wildman–Crippen LogP) is 3.16. The standard InChI is InChI=1S/C16H17NO3/c1-10-4-3-5-11(2)14(10)9-20-12-6-7-15(17)13(8-12)16(18)19/h3-8H,9,17H2,1-2H3,(H,18,19). The van der Waals surface area contributed by atoms with Gasteiger partial charge in [0.25, 0.3) is 0 Å². The maximum atomic E-state index is 11.0. The van der Waals surface area contributed by atoms with Gasteiger partial charge in [-0.15, -0.1) is 0 Å². The van der Waals surface area contributed by atoms with Crippen LogP contribution in [0.15, 0.2) is 36.4 Å². The van der Waals surface area contributed by atoms with Crippen molar-refractivity contribution in [2.24, 2.45) is 0 Å². The molecule has 0 fully saturated rings. The van der Waals surface area contributed by atoms with Crippen molar-refractivity contribution < 1.29 is 14.6 Å². The van der Waals surface area contributed by atoms with Crippen LogP contribution in [0.4, 0.5) is 5.69 Å². The first kappa shape index (κ1) is 13.9. The zero-order valence-corrected chi connectivity index (χ0v) is 11.5. The van der Waals surface area contributed by atoms with Crippen molar-refractivity contribution in [2.75, 3.05) is 5.73 Å². The van der Waals surface area contributed by atoms with E-state index in [0.717, 1.165) is 16.7 Å². The molecule has 0 radical (unpaired) electrons. The Morgan fingerprint density at radius 3 is 2.45 bits per heavy atom. The smallest absolute Gasteiger partial charge is 0.337 e.